The molecule has 0 atom stereocenters. The molecule has 0 unspecified atom stereocenters. The van der Waals surface area contributed by atoms with E-state index in [9.17, 15) is 4.79 Å². The number of aromatic amines is 1. The molecule has 1 amide bonds. The first kappa shape index (κ1) is 22.1. The van der Waals surface area contributed by atoms with Gasteiger partial charge in [0.05, 0.1) is 25.7 Å². The van der Waals surface area contributed by atoms with Crippen LogP contribution in [0.15, 0.2) is 85.2 Å². The van der Waals surface area contributed by atoms with Crippen molar-refractivity contribution in [2.75, 3.05) is 20.8 Å². The highest BCUT2D eigenvalue weighted by Gasteiger charge is 2.21. The van der Waals surface area contributed by atoms with Crippen LogP contribution in [-0.4, -0.2) is 36.6 Å². The predicted molar refractivity (Wildman–Crippen MR) is 128 cm³/mol. The molecule has 0 saturated heterocycles. The summed E-state index contributed by atoms with van der Waals surface area (Å²) in [6.07, 6.45) is 4.08. The maximum absolute atomic E-state index is 13.0. The summed E-state index contributed by atoms with van der Waals surface area (Å²) in [7, 11) is 3.22. The van der Waals surface area contributed by atoms with Gasteiger partial charge in [0.25, 0.3) is 5.91 Å². The molecule has 0 spiro atoms. The smallest absolute Gasteiger partial charge is 0.255 e. The second-order valence-corrected chi connectivity index (χ2v) is 7.43. The van der Waals surface area contributed by atoms with Gasteiger partial charge < -0.3 is 19.8 Å². The van der Waals surface area contributed by atoms with Crippen LogP contribution in [0.1, 0.15) is 32.9 Å². The molecule has 33 heavy (non-hydrogen) atoms. The minimum absolute atomic E-state index is 0.192. The van der Waals surface area contributed by atoms with Gasteiger partial charge in [-0.15, -0.1) is 0 Å². The van der Waals surface area contributed by atoms with Gasteiger partial charge in [-0.05, 0) is 41.0 Å². The highest BCUT2D eigenvalue weighted by Crippen LogP contribution is 2.34. The molecule has 0 aliphatic rings. The number of carbonyl (C=O) groups is 1. The van der Waals surface area contributed by atoms with Crippen molar-refractivity contribution < 1.29 is 14.3 Å². The number of hydrogen-bond donors (Lipinski definition) is 2. The van der Waals surface area contributed by atoms with Gasteiger partial charge in [0.15, 0.2) is 0 Å². The van der Waals surface area contributed by atoms with Crippen LogP contribution in [0.25, 0.3) is 0 Å². The minimum atomic E-state index is -0.192. The zero-order valence-corrected chi connectivity index (χ0v) is 18.7. The molecule has 1 aromatic heterocycles. The highest BCUT2D eigenvalue weighted by molar-refractivity contribution is 5.97. The Labute approximate surface area is 193 Å². The molecule has 2 N–H and O–H groups in total. The van der Waals surface area contributed by atoms with Gasteiger partial charge in [0, 0.05) is 25.4 Å². The summed E-state index contributed by atoms with van der Waals surface area (Å²) in [6.45, 7) is 0.466. The lowest BCUT2D eigenvalue weighted by atomic mass is 9.84. The van der Waals surface area contributed by atoms with E-state index in [0.717, 1.165) is 34.2 Å². The fraction of sp³-hybridized carbons (Fsp3) is 0.148. The first-order valence-electron chi connectivity index (χ1n) is 10.7. The summed E-state index contributed by atoms with van der Waals surface area (Å²) in [6, 6.07) is 23.7. The molecular formula is C27H26N3O3. The van der Waals surface area contributed by atoms with E-state index in [1.165, 1.54) is 0 Å². The first-order valence-corrected chi connectivity index (χ1v) is 10.7. The number of ether oxygens (including phenoxy) is 2. The van der Waals surface area contributed by atoms with Crippen LogP contribution >= 0.6 is 0 Å². The molecular weight excluding hydrogens is 414 g/mol. The molecule has 0 aliphatic carbocycles. The van der Waals surface area contributed by atoms with Crippen molar-refractivity contribution in [2.24, 2.45) is 0 Å². The van der Waals surface area contributed by atoms with Crippen LogP contribution in [0.4, 0.5) is 0 Å². The molecule has 1 radical (unpaired) electrons. The highest BCUT2D eigenvalue weighted by atomic mass is 16.5. The normalized spacial score (nSPS) is 10.8. The lowest BCUT2D eigenvalue weighted by molar-refractivity contribution is 0.0951. The van der Waals surface area contributed by atoms with Crippen molar-refractivity contribution in [1.29, 1.82) is 0 Å². The van der Waals surface area contributed by atoms with E-state index in [-0.39, 0.29) is 5.91 Å². The Kier molecular flexibility index (Phi) is 7.05. The van der Waals surface area contributed by atoms with Crippen LogP contribution in [0, 0.1) is 5.92 Å². The van der Waals surface area contributed by atoms with E-state index in [0.29, 0.717) is 24.3 Å². The zero-order valence-electron chi connectivity index (χ0n) is 18.7. The second-order valence-electron chi connectivity index (χ2n) is 7.43. The van der Waals surface area contributed by atoms with E-state index in [4.69, 9.17) is 9.47 Å². The SMILES string of the molecule is COc1ccc([C](c2ccccc2)c2ccc(OC)c(C(=O)NCCc3ncc[nH]3)c2)cc1. The Hall–Kier alpha value is -4.06. The number of amides is 1. The predicted octanol–water partition coefficient (Wildman–Crippen LogP) is 4.42. The van der Waals surface area contributed by atoms with E-state index in [1.54, 1.807) is 26.6 Å². The number of hydrogen-bond acceptors (Lipinski definition) is 4. The third-order valence-electron chi connectivity index (χ3n) is 5.38. The quantitative estimate of drug-likeness (QED) is 0.378. The van der Waals surface area contributed by atoms with Gasteiger partial charge >= 0.3 is 0 Å². The molecule has 6 nitrogen and oxygen atoms in total. The average Bonchev–Trinajstić information content (AvgIpc) is 3.39. The zero-order chi connectivity index (χ0) is 23.0. The number of rotatable bonds is 9. The lowest BCUT2D eigenvalue weighted by Crippen LogP contribution is -2.26. The summed E-state index contributed by atoms with van der Waals surface area (Å²) in [5, 5.41) is 2.97. The minimum Gasteiger partial charge on any atom is -0.497 e. The molecule has 3 aromatic carbocycles. The van der Waals surface area contributed by atoms with Crippen LogP contribution in [-0.2, 0) is 6.42 Å². The lowest BCUT2D eigenvalue weighted by Gasteiger charge is -2.20. The summed E-state index contributed by atoms with van der Waals surface area (Å²) >= 11 is 0. The number of carbonyl (C=O) groups excluding carboxylic acids is 1. The third kappa shape index (κ3) is 5.23. The molecule has 6 heteroatoms. The van der Waals surface area contributed by atoms with E-state index < -0.39 is 0 Å². The monoisotopic (exact) mass is 440 g/mol. The summed E-state index contributed by atoms with van der Waals surface area (Å²) < 4.78 is 10.8. The molecule has 167 valence electrons. The van der Waals surface area contributed by atoms with Gasteiger partial charge in [-0.25, -0.2) is 4.98 Å². The van der Waals surface area contributed by atoms with Crippen LogP contribution in [0.2, 0.25) is 0 Å². The maximum atomic E-state index is 13.0. The topological polar surface area (TPSA) is 76.2 Å². The Morgan fingerprint density at radius 2 is 1.64 bits per heavy atom. The summed E-state index contributed by atoms with van der Waals surface area (Å²) in [5.74, 6) is 2.97. The summed E-state index contributed by atoms with van der Waals surface area (Å²) in [4.78, 5) is 20.3. The standard InChI is InChI=1S/C27H26N3O3/c1-32-22-11-8-20(9-12-22)26(19-6-4-3-5-7-19)21-10-13-24(33-2)23(18-21)27(31)30-15-14-25-28-16-17-29-25/h3-13,16-18H,14-15H2,1-2H3,(H,28,29)(H,30,31). The number of imidazole rings is 1. The number of aromatic nitrogens is 2. The average molecular weight is 441 g/mol. The molecule has 1 heterocycles. The van der Waals surface area contributed by atoms with Crippen LogP contribution in [0.5, 0.6) is 11.5 Å². The molecule has 0 fully saturated rings. The number of nitrogens with zero attached hydrogens (tertiary/aromatic N) is 1. The van der Waals surface area contributed by atoms with Crippen molar-refractivity contribution in [3.8, 4) is 11.5 Å². The summed E-state index contributed by atoms with van der Waals surface area (Å²) in [5.41, 5.74) is 3.48. The number of nitrogens with one attached hydrogen (secondary N) is 2. The fourth-order valence-electron chi connectivity index (χ4n) is 3.73. The van der Waals surface area contributed by atoms with Gasteiger partial charge in [0.1, 0.15) is 17.3 Å². The van der Waals surface area contributed by atoms with E-state index in [1.807, 2.05) is 60.7 Å². The van der Waals surface area contributed by atoms with E-state index >= 15 is 0 Å². The van der Waals surface area contributed by atoms with Gasteiger partial charge in [-0.2, -0.15) is 0 Å². The number of benzene rings is 3. The molecule has 0 aliphatic heterocycles. The molecule has 0 bridgehead atoms. The van der Waals surface area contributed by atoms with Crippen molar-refractivity contribution in [1.82, 2.24) is 15.3 Å². The molecule has 0 saturated carbocycles. The second kappa shape index (κ2) is 10.5. The molecule has 4 rings (SSSR count). The Morgan fingerprint density at radius 1 is 0.909 bits per heavy atom. The van der Waals surface area contributed by atoms with Crippen molar-refractivity contribution in [3.05, 3.63) is 119 Å². The van der Waals surface area contributed by atoms with Crippen molar-refractivity contribution in [3.63, 3.8) is 0 Å². The molecule has 4 aromatic rings. The number of methoxy groups -OCH3 is 2. The largest absolute Gasteiger partial charge is 0.497 e. The van der Waals surface area contributed by atoms with Gasteiger partial charge in [-0.3, -0.25) is 4.79 Å². The van der Waals surface area contributed by atoms with Crippen molar-refractivity contribution in [2.45, 2.75) is 6.42 Å². The van der Waals surface area contributed by atoms with Crippen LogP contribution in [0.3, 0.4) is 0 Å². The van der Waals surface area contributed by atoms with Crippen molar-refractivity contribution >= 4 is 5.91 Å². The maximum Gasteiger partial charge on any atom is 0.255 e. The first-order chi connectivity index (χ1) is 16.2. The Bertz CT molecular complexity index is 1170. The number of H-pyrrole nitrogens is 1. The van der Waals surface area contributed by atoms with Gasteiger partial charge in [0.2, 0.25) is 0 Å². The van der Waals surface area contributed by atoms with Gasteiger partial charge in [-0.1, -0.05) is 48.5 Å². The van der Waals surface area contributed by atoms with E-state index in [2.05, 4.69) is 27.4 Å². The third-order valence-corrected chi connectivity index (χ3v) is 5.38. The Balaban J connectivity index is 1.66. The Morgan fingerprint density at radius 3 is 2.30 bits per heavy atom. The van der Waals surface area contributed by atoms with Crippen LogP contribution < -0.4 is 14.8 Å². The fourth-order valence-corrected chi connectivity index (χ4v) is 3.73.